The minimum atomic E-state index is -0.268. The second-order valence-corrected chi connectivity index (χ2v) is 7.16. The van der Waals surface area contributed by atoms with Gasteiger partial charge in [0.1, 0.15) is 6.10 Å². The number of rotatable bonds is 2. The van der Waals surface area contributed by atoms with Crippen molar-refractivity contribution in [3.8, 4) is 0 Å². The lowest BCUT2D eigenvalue weighted by atomic mass is 9.94. The molecule has 4 rings (SSSR count). The zero-order valence-electron chi connectivity index (χ0n) is 14.7. The average Bonchev–Trinajstić information content (AvgIpc) is 3.29. The van der Waals surface area contributed by atoms with Crippen molar-refractivity contribution in [1.29, 1.82) is 0 Å². The van der Waals surface area contributed by atoms with Gasteiger partial charge in [-0.25, -0.2) is 9.50 Å². The smallest absolute Gasteiger partial charge is 0.275 e. The number of carbonyl (C=O) groups excluding carboxylic acids is 1. The molecule has 0 spiro atoms. The average molecular weight is 344 g/mol. The molecule has 7 heteroatoms. The SMILES string of the molecule is Cc1nc2cc([C@@H]3CCCN(C(=O)[C@H]4CCCO4)C3)[nH]n2c(=O)c1C. The van der Waals surface area contributed by atoms with Crippen LogP contribution in [0.25, 0.3) is 5.65 Å². The maximum absolute atomic E-state index is 12.6. The van der Waals surface area contributed by atoms with E-state index in [1.165, 1.54) is 4.52 Å². The number of likely N-dealkylation sites (tertiary alicyclic amines) is 1. The molecule has 25 heavy (non-hydrogen) atoms. The second-order valence-electron chi connectivity index (χ2n) is 7.16. The molecule has 1 amide bonds. The molecule has 0 aliphatic carbocycles. The molecule has 0 aromatic carbocycles. The Morgan fingerprint density at radius 1 is 1.32 bits per heavy atom. The van der Waals surface area contributed by atoms with E-state index < -0.39 is 0 Å². The van der Waals surface area contributed by atoms with Crippen LogP contribution >= 0.6 is 0 Å². The molecule has 2 aliphatic rings. The lowest BCUT2D eigenvalue weighted by molar-refractivity contribution is -0.142. The van der Waals surface area contributed by atoms with Crippen LogP contribution in [0.2, 0.25) is 0 Å². The molecule has 2 atom stereocenters. The summed E-state index contributed by atoms with van der Waals surface area (Å²) >= 11 is 0. The number of carbonyl (C=O) groups is 1. The molecule has 2 aromatic heterocycles. The van der Waals surface area contributed by atoms with Gasteiger partial charge in [-0.2, -0.15) is 0 Å². The molecule has 2 saturated heterocycles. The van der Waals surface area contributed by atoms with Gasteiger partial charge in [-0.05, 0) is 39.5 Å². The first-order valence-electron chi connectivity index (χ1n) is 9.04. The van der Waals surface area contributed by atoms with E-state index in [4.69, 9.17) is 4.74 Å². The number of aryl methyl sites for hydroxylation is 1. The number of amides is 1. The van der Waals surface area contributed by atoms with Crippen LogP contribution in [0.4, 0.5) is 0 Å². The predicted octanol–water partition coefficient (Wildman–Crippen LogP) is 1.52. The maximum Gasteiger partial charge on any atom is 0.275 e. The molecule has 4 heterocycles. The lowest BCUT2D eigenvalue weighted by Crippen LogP contribution is -2.44. The fourth-order valence-electron chi connectivity index (χ4n) is 3.85. The van der Waals surface area contributed by atoms with Gasteiger partial charge in [0.05, 0.1) is 0 Å². The van der Waals surface area contributed by atoms with Crippen molar-refractivity contribution in [3.63, 3.8) is 0 Å². The predicted molar refractivity (Wildman–Crippen MR) is 92.8 cm³/mol. The van der Waals surface area contributed by atoms with Crippen LogP contribution in [0.1, 0.15) is 48.6 Å². The molecule has 134 valence electrons. The number of ether oxygens (including phenoxy) is 1. The van der Waals surface area contributed by atoms with Crippen molar-refractivity contribution in [2.24, 2.45) is 0 Å². The summed E-state index contributed by atoms with van der Waals surface area (Å²) in [5.41, 5.74) is 2.97. The van der Waals surface area contributed by atoms with Gasteiger partial charge in [0.25, 0.3) is 11.5 Å². The molecule has 1 N–H and O–H groups in total. The monoisotopic (exact) mass is 344 g/mol. The lowest BCUT2D eigenvalue weighted by Gasteiger charge is -2.33. The van der Waals surface area contributed by atoms with Crippen molar-refractivity contribution in [2.75, 3.05) is 19.7 Å². The Hall–Kier alpha value is -2.15. The summed E-state index contributed by atoms with van der Waals surface area (Å²) in [5, 5.41) is 3.20. The number of nitrogens with one attached hydrogen (secondary N) is 1. The van der Waals surface area contributed by atoms with Crippen molar-refractivity contribution in [1.82, 2.24) is 19.5 Å². The Morgan fingerprint density at radius 3 is 2.92 bits per heavy atom. The first-order chi connectivity index (χ1) is 12.0. The molecule has 0 saturated carbocycles. The van der Waals surface area contributed by atoms with Crippen LogP contribution in [0, 0.1) is 13.8 Å². The van der Waals surface area contributed by atoms with Gasteiger partial charge in [-0.1, -0.05) is 0 Å². The summed E-state index contributed by atoms with van der Waals surface area (Å²) in [6.07, 6.45) is 3.47. The number of fused-ring (bicyclic) bond motifs is 1. The maximum atomic E-state index is 12.6. The minimum absolute atomic E-state index is 0.0585. The molecule has 0 radical (unpaired) electrons. The largest absolute Gasteiger partial charge is 0.368 e. The summed E-state index contributed by atoms with van der Waals surface area (Å²) in [5.74, 6) is 0.307. The van der Waals surface area contributed by atoms with Gasteiger partial charge in [-0.15, -0.1) is 0 Å². The van der Waals surface area contributed by atoms with E-state index >= 15 is 0 Å². The van der Waals surface area contributed by atoms with Gasteiger partial charge in [0.2, 0.25) is 0 Å². The van der Waals surface area contributed by atoms with E-state index in [2.05, 4.69) is 10.1 Å². The number of aromatic amines is 1. The Balaban J connectivity index is 1.59. The van der Waals surface area contributed by atoms with Crippen LogP contribution in [0.15, 0.2) is 10.9 Å². The van der Waals surface area contributed by atoms with Gasteiger partial charge < -0.3 is 9.64 Å². The number of H-pyrrole nitrogens is 1. The highest BCUT2D eigenvalue weighted by molar-refractivity contribution is 5.81. The third-order valence-electron chi connectivity index (χ3n) is 5.48. The van der Waals surface area contributed by atoms with E-state index in [1.54, 1.807) is 6.92 Å². The minimum Gasteiger partial charge on any atom is -0.368 e. The van der Waals surface area contributed by atoms with Gasteiger partial charge in [0, 0.05) is 48.6 Å². The summed E-state index contributed by atoms with van der Waals surface area (Å²) < 4.78 is 7.06. The number of nitrogens with zero attached hydrogens (tertiary/aromatic N) is 3. The number of hydrogen-bond acceptors (Lipinski definition) is 4. The Labute approximate surface area is 146 Å². The first kappa shape index (κ1) is 16.3. The molecule has 0 unspecified atom stereocenters. The highest BCUT2D eigenvalue weighted by Gasteiger charge is 2.32. The molecule has 2 fully saturated rings. The Kier molecular flexibility index (Phi) is 4.11. The topological polar surface area (TPSA) is 79.7 Å². The van der Waals surface area contributed by atoms with Crippen molar-refractivity contribution < 1.29 is 9.53 Å². The van der Waals surface area contributed by atoms with Gasteiger partial charge >= 0.3 is 0 Å². The quantitative estimate of drug-likeness (QED) is 0.896. The number of aromatic nitrogens is 3. The van der Waals surface area contributed by atoms with E-state index in [0.717, 1.165) is 43.6 Å². The Bertz CT molecular complexity index is 863. The van der Waals surface area contributed by atoms with E-state index in [0.29, 0.717) is 24.4 Å². The van der Waals surface area contributed by atoms with Crippen LogP contribution in [0.5, 0.6) is 0 Å². The van der Waals surface area contributed by atoms with Gasteiger partial charge in [-0.3, -0.25) is 14.7 Å². The second kappa shape index (κ2) is 6.29. The van der Waals surface area contributed by atoms with Crippen molar-refractivity contribution in [3.05, 3.63) is 33.4 Å². The molecule has 2 aromatic rings. The highest BCUT2D eigenvalue weighted by atomic mass is 16.5. The zero-order valence-corrected chi connectivity index (χ0v) is 14.7. The van der Waals surface area contributed by atoms with Crippen LogP contribution < -0.4 is 5.56 Å². The summed E-state index contributed by atoms with van der Waals surface area (Å²) in [4.78, 5) is 31.4. The summed E-state index contributed by atoms with van der Waals surface area (Å²) in [7, 11) is 0. The van der Waals surface area contributed by atoms with E-state index in [1.807, 2.05) is 17.9 Å². The number of piperidine rings is 1. The van der Waals surface area contributed by atoms with Crippen molar-refractivity contribution in [2.45, 2.75) is 51.6 Å². The zero-order chi connectivity index (χ0) is 17.6. The standard InChI is InChI=1S/C18H24N4O3/c1-11-12(2)19-16-9-14(20-22(16)17(11)23)13-5-3-7-21(10-13)18(24)15-6-4-8-25-15/h9,13,15,20H,3-8,10H2,1-2H3/t13-,15-/m1/s1. The molecule has 2 aliphatic heterocycles. The number of hydrogen-bond donors (Lipinski definition) is 1. The fraction of sp³-hybridized carbons (Fsp3) is 0.611. The fourth-order valence-corrected chi connectivity index (χ4v) is 3.85. The highest BCUT2D eigenvalue weighted by Crippen LogP contribution is 2.28. The summed E-state index contributed by atoms with van der Waals surface area (Å²) in [6, 6.07) is 1.94. The molecular formula is C18H24N4O3. The normalized spacial score (nSPS) is 24.2. The molecule has 0 bridgehead atoms. The van der Waals surface area contributed by atoms with Crippen LogP contribution in [0.3, 0.4) is 0 Å². The Morgan fingerprint density at radius 2 is 2.16 bits per heavy atom. The van der Waals surface area contributed by atoms with Crippen LogP contribution in [-0.4, -0.2) is 51.2 Å². The van der Waals surface area contributed by atoms with E-state index in [9.17, 15) is 9.59 Å². The van der Waals surface area contributed by atoms with Gasteiger partial charge in [0.15, 0.2) is 5.65 Å². The third kappa shape index (κ3) is 2.86. The molecular weight excluding hydrogens is 320 g/mol. The first-order valence-corrected chi connectivity index (χ1v) is 9.04. The molecule has 7 nitrogen and oxygen atoms in total. The summed E-state index contributed by atoms with van der Waals surface area (Å²) in [6.45, 7) is 5.78. The van der Waals surface area contributed by atoms with Crippen molar-refractivity contribution >= 4 is 11.6 Å². The third-order valence-corrected chi connectivity index (χ3v) is 5.48. The van der Waals surface area contributed by atoms with Crippen LogP contribution in [-0.2, 0) is 9.53 Å². The van der Waals surface area contributed by atoms with E-state index in [-0.39, 0.29) is 23.5 Å².